The smallest absolute Gasteiger partial charge is 0.237 e. The highest BCUT2D eigenvalue weighted by Gasteiger charge is 2.34. The average Bonchev–Trinajstić information content (AvgIpc) is 2.66. The molecular formula is C20H29N3O4. The molecule has 2 aliphatic rings. The molecule has 3 rings (SSSR count). The van der Waals surface area contributed by atoms with Gasteiger partial charge in [-0.25, -0.2) is 0 Å². The monoisotopic (exact) mass is 375 g/mol. The number of hydrogen-bond donors (Lipinski definition) is 2. The number of likely N-dealkylation sites (tertiary alicyclic amines) is 1. The minimum atomic E-state index is -0.479. The Hall–Kier alpha value is -2.12. The van der Waals surface area contributed by atoms with E-state index in [4.69, 9.17) is 4.74 Å². The molecule has 0 saturated carbocycles. The van der Waals surface area contributed by atoms with Crippen LogP contribution in [0.5, 0.6) is 5.75 Å². The highest BCUT2D eigenvalue weighted by molar-refractivity contribution is 5.88. The lowest BCUT2D eigenvalue weighted by molar-refractivity contribution is -0.140. The molecule has 2 N–H and O–H groups in total. The maximum Gasteiger partial charge on any atom is 0.237 e. The van der Waals surface area contributed by atoms with E-state index in [1.165, 1.54) is 0 Å². The number of nitrogens with zero attached hydrogens (tertiary/aromatic N) is 2. The third-order valence-corrected chi connectivity index (χ3v) is 5.27. The summed E-state index contributed by atoms with van der Waals surface area (Å²) in [5.74, 6) is 0.702. The standard InChI is InChI=1S/C20H29N3O4/c1-2-27-18-6-4-3-5-15(18)14-23-12-9-21-20(26)17(23)13-19(25)22-10-7-16(24)8-11-22/h3-6,16-17,24H,2,7-14H2,1H3,(H,21,26)/t17-/m1/s1. The lowest BCUT2D eigenvalue weighted by atomic mass is 10.0. The summed E-state index contributed by atoms with van der Waals surface area (Å²) in [5, 5.41) is 12.5. The molecule has 2 aliphatic heterocycles. The number of benzene rings is 1. The first-order valence-electron chi connectivity index (χ1n) is 9.76. The Kier molecular flexibility index (Phi) is 6.68. The minimum Gasteiger partial charge on any atom is -0.494 e. The van der Waals surface area contributed by atoms with Gasteiger partial charge in [-0.2, -0.15) is 0 Å². The Labute approximate surface area is 160 Å². The van der Waals surface area contributed by atoms with E-state index in [2.05, 4.69) is 10.2 Å². The fourth-order valence-electron chi connectivity index (χ4n) is 3.73. The molecule has 0 spiro atoms. The van der Waals surface area contributed by atoms with Crippen LogP contribution in [-0.4, -0.2) is 71.7 Å². The number of carbonyl (C=O) groups excluding carboxylic acids is 2. The molecule has 7 nitrogen and oxygen atoms in total. The van der Waals surface area contributed by atoms with Crippen molar-refractivity contribution < 1.29 is 19.4 Å². The van der Waals surface area contributed by atoms with Gasteiger partial charge in [-0.1, -0.05) is 18.2 Å². The van der Waals surface area contributed by atoms with Crippen molar-refractivity contribution >= 4 is 11.8 Å². The van der Waals surface area contributed by atoms with E-state index in [-0.39, 0.29) is 24.3 Å². The van der Waals surface area contributed by atoms with Crippen molar-refractivity contribution in [2.75, 3.05) is 32.8 Å². The Bertz CT molecular complexity index is 658. The van der Waals surface area contributed by atoms with Crippen molar-refractivity contribution in [1.29, 1.82) is 0 Å². The second-order valence-corrected chi connectivity index (χ2v) is 7.13. The number of para-hydroxylation sites is 1. The predicted octanol–water partition coefficient (Wildman–Crippen LogP) is 0.759. The van der Waals surface area contributed by atoms with Gasteiger partial charge in [-0.05, 0) is 25.8 Å². The first-order chi connectivity index (χ1) is 13.1. The van der Waals surface area contributed by atoms with Crippen LogP contribution in [0.3, 0.4) is 0 Å². The van der Waals surface area contributed by atoms with Crippen LogP contribution in [0, 0.1) is 0 Å². The molecule has 7 heteroatoms. The fraction of sp³-hybridized carbons (Fsp3) is 0.600. The summed E-state index contributed by atoms with van der Waals surface area (Å²) in [4.78, 5) is 29.0. The molecule has 0 aliphatic carbocycles. The predicted molar refractivity (Wildman–Crippen MR) is 101 cm³/mol. The van der Waals surface area contributed by atoms with Gasteiger partial charge in [-0.15, -0.1) is 0 Å². The van der Waals surface area contributed by atoms with Gasteiger partial charge < -0.3 is 20.1 Å². The van der Waals surface area contributed by atoms with Crippen molar-refractivity contribution in [3.05, 3.63) is 29.8 Å². The molecular weight excluding hydrogens is 346 g/mol. The van der Waals surface area contributed by atoms with Crippen LogP contribution < -0.4 is 10.1 Å². The third kappa shape index (κ3) is 4.99. The molecule has 27 heavy (non-hydrogen) atoms. The summed E-state index contributed by atoms with van der Waals surface area (Å²) in [6.07, 6.45) is 1.06. The normalized spacial score (nSPS) is 21.8. The summed E-state index contributed by atoms with van der Waals surface area (Å²) >= 11 is 0. The SMILES string of the molecule is CCOc1ccccc1CN1CCNC(=O)[C@H]1CC(=O)N1CCC(O)CC1. The van der Waals surface area contributed by atoms with Crippen LogP contribution in [0.25, 0.3) is 0 Å². The van der Waals surface area contributed by atoms with E-state index in [9.17, 15) is 14.7 Å². The van der Waals surface area contributed by atoms with Crippen molar-refractivity contribution in [3.8, 4) is 5.75 Å². The summed E-state index contributed by atoms with van der Waals surface area (Å²) in [6, 6.07) is 7.35. The second kappa shape index (κ2) is 9.19. The number of aliphatic hydroxyl groups is 1. The van der Waals surface area contributed by atoms with Crippen LogP contribution in [0.4, 0.5) is 0 Å². The minimum absolute atomic E-state index is 0.0213. The largest absolute Gasteiger partial charge is 0.494 e. The van der Waals surface area contributed by atoms with E-state index >= 15 is 0 Å². The average molecular weight is 375 g/mol. The van der Waals surface area contributed by atoms with Crippen LogP contribution in [-0.2, 0) is 16.1 Å². The van der Waals surface area contributed by atoms with Crippen LogP contribution in [0.15, 0.2) is 24.3 Å². The number of carbonyl (C=O) groups is 2. The highest BCUT2D eigenvalue weighted by Crippen LogP contribution is 2.23. The molecule has 148 valence electrons. The number of aliphatic hydroxyl groups excluding tert-OH is 1. The lowest BCUT2D eigenvalue weighted by Crippen LogP contribution is -2.56. The number of piperazine rings is 1. The highest BCUT2D eigenvalue weighted by atomic mass is 16.5. The molecule has 1 aromatic carbocycles. The molecule has 0 unspecified atom stereocenters. The van der Waals surface area contributed by atoms with Gasteiger partial charge in [0.15, 0.2) is 0 Å². The Balaban J connectivity index is 1.68. The van der Waals surface area contributed by atoms with Gasteiger partial charge in [0, 0.05) is 38.3 Å². The molecule has 2 amide bonds. The van der Waals surface area contributed by atoms with Gasteiger partial charge in [0.05, 0.1) is 25.2 Å². The first kappa shape index (κ1) is 19.6. The number of rotatable bonds is 6. The molecule has 1 atom stereocenters. The summed E-state index contributed by atoms with van der Waals surface area (Å²) in [6.45, 7) is 5.49. The molecule has 2 heterocycles. The topological polar surface area (TPSA) is 82.1 Å². The van der Waals surface area contributed by atoms with Gasteiger partial charge in [-0.3, -0.25) is 14.5 Å². The van der Waals surface area contributed by atoms with E-state index in [1.807, 2.05) is 31.2 Å². The zero-order chi connectivity index (χ0) is 19.2. The van der Waals surface area contributed by atoms with Crippen molar-refractivity contribution in [3.63, 3.8) is 0 Å². The quantitative estimate of drug-likeness (QED) is 0.767. The molecule has 2 fully saturated rings. The van der Waals surface area contributed by atoms with Crippen LogP contribution in [0.2, 0.25) is 0 Å². The van der Waals surface area contributed by atoms with Gasteiger partial charge >= 0.3 is 0 Å². The molecule has 0 radical (unpaired) electrons. The number of amides is 2. The zero-order valence-electron chi connectivity index (χ0n) is 15.9. The van der Waals surface area contributed by atoms with Crippen molar-refractivity contribution in [2.45, 2.75) is 44.9 Å². The van der Waals surface area contributed by atoms with Gasteiger partial charge in [0.25, 0.3) is 0 Å². The van der Waals surface area contributed by atoms with Crippen molar-refractivity contribution in [2.24, 2.45) is 0 Å². The van der Waals surface area contributed by atoms with Crippen LogP contribution in [0.1, 0.15) is 31.7 Å². The molecule has 1 aromatic rings. The summed E-state index contributed by atoms with van der Waals surface area (Å²) < 4.78 is 5.70. The molecule has 0 aromatic heterocycles. The van der Waals surface area contributed by atoms with Gasteiger partial charge in [0.2, 0.25) is 11.8 Å². The number of hydrogen-bond acceptors (Lipinski definition) is 5. The zero-order valence-corrected chi connectivity index (χ0v) is 15.9. The lowest BCUT2D eigenvalue weighted by Gasteiger charge is -2.37. The maximum atomic E-state index is 12.7. The number of nitrogens with one attached hydrogen (secondary N) is 1. The Morgan fingerprint density at radius 2 is 2.00 bits per heavy atom. The number of ether oxygens (including phenoxy) is 1. The first-order valence-corrected chi connectivity index (χ1v) is 9.76. The van der Waals surface area contributed by atoms with E-state index < -0.39 is 6.04 Å². The van der Waals surface area contributed by atoms with E-state index in [0.717, 1.165) is 11.3 Å². The maximum absolute atomic E-state index is 12.7. The van der Waals surface area contributed by atoms with Gasteiger partial charge in [0.1, 0.15) is 5.75 Å². The van der Waals surface area contributed by atoms with Crippen molar-refractivity contribution in [1.82, 2.24) is 15.1 Å². The Morgan fingerprint density at radius 3 is 2.74 bits per heavy atom. The summed E-state index contributed by atoms with van der Waals surface area (Å²) in [7, 11) is 0. The second-order valence-electron chi connectivity index (χ2n) is 7.13. The molecule has 2 saturated heterocycles. The fourth-order valence-corrected chi connectivity index (χ4v) is 3.73. The van der Waals surface area contributed by atoms with E-state index in [1.54, 1.807) is 4.90 Å². The number of piperidine rings is 1. The summed E-state index contributed by atoms with van der Waals surface area (Å²) in [5.41, 5.74) is 1.02. The van der Waals surface area contributed by atoms with Crippen LogP contribution >= 0.6 is 0 Å². The van der Waals surface area contributed by atoms with E-state index in [0.29, 0.717) is 52.2 Å². The third-order valence-electron chi connectivity index (χ3n) is 5.27. The molecule has 0 bridgehead atoms. The Morgan fingerprint density at radius 1 is 1.26 bits per heavy atom.